The van der Waals surface area contributed by atoms with Crippen molar-refractivity contribution in [3.05, 3.63) is 46.5 Å². The van der Waals surface area contributed by atoms with Crippen LogP contribution in [0, 0.1) is 0 Å². The van der Waals surface area contributed by atoms with E-state index >= 15 is 0 Å². The van der Waals surface area contributed by atoms with Crippen LogP contribution in [0.4, 0.5) is 0 Å². The van der Waals surface area contributed by atoms with Crippen molar-refractivity contribution in [2.24, 2.45) is 0 Å². The van der Waals surface area contributed by atoms with E-state index in [1.165, 1.54) is 80.4 Å². The zero-order chi connectivity index (χ0) is 26.9. The molecule has 6 heteroatoms. The molecule has 2 aromatic carbocycles. The third-order valence-corrected chi connectivity index (χ3v) is 8.42. The Morgan fingerprint density at radius 1 is 0.789 bits per heavy atom. The van der Waals surface area contributed by atoms with Crippen molar-refractivity contribution in [3.63, 3.8) is 0 Å². The Morgan fingerprint density at radius 3 is 2.24 bits per heavy atom. The Bertz CT molecular complexity index is 1040. The van der Waals surface area contributed by atoms with Gasteiger partial charge in [0.1, 0.15) is 0 Å². The fourth-order valence-corrected chi connectivity index (χ4v) is 6.38. The molecular formula is C32H48N2O4. The van der Waals surface area contributed by atoms with E-state index in [-0.39, 0.29) is 0 Å². The molecule has 1 unspecified atom stereocenters. The van der Waals surface area contributed by atoms with Crippen molar-refractivity contribution in [2.45, 2.75) is 77.3 Å². The lowest BCUT2D eigenvalue weighted by molar-refractivity contribution is 0.174. The molecule has 38 heavy (non-hydrogen) atoms. The van der Waals surface area contributed by atoms with Gasteiger partial charge in [-0.15, -0.1) is 0 Å². The molecule has 0 bridgehead atoms. The summed E-state index contributed by atoms with van der Waals surface area (Å²) in [6.45, 7) is 8.03. The second-order valence-electron chi connectivity index (χ2n) is 10.8. The van der Waals surface area contributed by atoms with Gasteiger partial charge in [0.05, 0.1) is 28.4 Å². The second-order valence-corrected chi connectivity index (χ2v) is 10.8. The van der Waals surface area contributed by atoms with Crippen LogP contribution in [0.25, 0.3) is 0 Å². The number of nitrogens with zero attached hydrogens (tertiary/aromatic N) is 2. The number of fused-ring (bicyclic) bond motifs is 2. The van der Waals surface area contributed by atoms with Gasteiger partial charge in [0.15, 0.2) is 23.0 Å². The summed E-state index contributed by atoms with van der Waals surface area (Å²) < 4.78 is 22.2. The van der Waals surface area contributed by atoms with Gasteiger partial charge in [0.25, 0.3) is 0 Å². The van der Waals surface area contributed by atoms with Crippen LogP contribution in [0.15, 0.2) is 24.3 Å². The number of hydrogen-bond donors (Lipinski definition) is 0. The van der Waals surface area contributed by atoms with Crippen LogP contribution < -0.4 is 18.9 Å². The number of rotatable bonds is 14. The number of benzene rings is 2. The Morgan fingerprint density at radius 2 is 1.53 bits per heavy atom. The van der Waals surface area contributed by atoms with Gasteiger partial charge in [-0.2, -0.15) is 0 Å². The molecular weight excluding hydrogens is 476 g/mol. The first-order chi connectivity index (χ1) is 18.6. The van der Waals surface area contributed by atoms with Crippen LogP contribution in [0.5, 0.6) is 23.0 Å². The van der Waals surface area contributed by atoms with E-state index in [4.69, 9.17) is 18.9 Å². The smallest absolute Gasteiger partial charge is 0.164 e. The van der Waals surface area contributed by atoms with Crippen molar-refractivity contribution < 1.29 is 18.9 Å². The van der Waals surface area contributed by atoms with E-state index in [9.17, 15) is 0 Å². The maximum atomic E-state index is 5.71. The average Bonchev–Trinajstić information content (AvgIpc) is 2.96. The van der Waals surface area contributed by atoms with Crippen molar-refractivity contribution >= 4 is 0 Å². The van der Waals surface area contributed by atoms with Crippen LogP contribution in [0.2, 0.25) is 0 Å². The van der Waals surface area contributed by atoms with Gasteiger partial charge in [0.2, 0.25) is 0 Å². The molecule has 0 N–H and O–H groups in total. The van der Waals surface area contributed by atoms with Crippen molar-refractivity contribution in [2.75, 3.05) is 54.6 Å². The van der Waals surface area contributed by atoms with Gasteiger partial charge in [-0.3, -0.25) is 4.90 Å². The molecule has 0 amide bonds. The molecule has 6 nitrogen and oxygen atoms in total. The molecule has 1 atom stereocenters. The van der Waals surface area contributed by atoms with E-state index < -0.39 is 0 Å². The highest BCUT2D eigenvalue weighted by Gasteiger charge is 2.27. The zero-order valence-corrected chi connectivity index (χ0v) is 24.3. The molecule has 0 aromatic heterocycles. The first kappa shape index (κ1) is 28.6. The summed E-state index contributed by atoms with van der Waals surface area (Å²) in [7, 11) is 6.91. The third kappa shape index (κ3) is 6.76. The van der Waals surface area contributed by atoms with Crippen LogP contribution in [0.3, 0.4) is 0 Å². The largest absolute Gasteiger partial charge is 0.493 e. The molecule has 2 aliphatic rings. The summed E-state index contributed by atoms with van der Waals surface area (Å²) in [5.41, 5.74) is 5.56. The molecule has 210 valence electrons. The van der Waals surface area contributed by atoms with E-state index in [0.717, 1.165) is 55.4 Å². The monoisotopic (exact) mass is 524 g/mol. The fraction of sp³-hybridized carbons (Fsp3) is 0.625. The summed E-state index contributed by atoms with van der Waals surface area (Å²) in [6.07, 6.45) is 10.9. The number of hydrogen-bond acceptors (Lipinski definition) is 6. The summed E-state index contributed by atoms with van der Waals surface area (Å²) in [4.78, 5) is 5.35. The molecule has 1 heterocycles. The topological polar surface area (TPSA) is 43.4 Å². The van der Waals surface area contributed by atoms with E-state index in [1.807, 2.05) is 0 Å². The van der Waals surface area contributed by atoms with Crippen molar-refractivity contribution in [1.29, 1.82) is 0 Å². The van der Waals surface area contributed by atoms with Crippen LogP contribution >= 0.6 is 0 Å². The number of unbranched alkanes of at least 4 members (excludes halogenated alkanes) is 3. The predicted molar refractivity (Wildman–Crippen MR) is 154 cm³/mol. The quantitative estimate of drug-likeness (QED) is 0.286. The minimum absolute atomic E-state index is 0.629. The Labute approximate surface area is 230 Å². The standard InChI is InChI=1S/C32H48N2O4/c1-6-16-34(27-12-13-28-25(20-27)11-14-29(35-2)32(28)38-5)18-10-8-7-9-17-33-19-15-24-21-30(36-3)31(37-4)22-26(24)23-33/h11,14,21-22,27H,6-10,12-13,15-20,23H2,1-5H3. The van der Waals surface area contributed by atoms with Gasteiger partial charge in [0, 0.05) is 24.7 Å². The van der Waals surface area contributed by atoms with Crippen LogP contribution in [-0.2, 0) is 25.8 Å². The minimum Gasteiger partial charge on any atom is -0.493 e. The number of methoxy groups -OCH3 is 4. The molecule has 0 saturated heterocycles. The van der Waals surface area contributed by atoms with Crippen molar-refractivity contribution in [1.82, 2.24) is 9.80 Å². The van der Waals surface area contributed by atoms with E-state index in [2.05, 4.69) is 41.0 Å². The molecule has 0 spiro atoms. The molecule has 1 aliphatic heterocycles. The zero-order valence-electron chi connectivity index (χ0n) is 24.3. The Kier molecular flexibility index (Phi) is 10.6. The summed E-state index contributed by atoms with van der Waals surface area (Å²) >= 11 is 0. The van der Waals surface area contributed by atoms with Gasteiger partial charge in [-0.25, -0.2) is 0 Å². The fourth-order valence-electron chi connectivity index (χ4n) is 6.38. The maximum absolute atomic E-state index is 5.71. The van der Waals surface area contributed by atoms with Crippen LogP contribution in [0.1, 0.15) is 67.7 Å². The average molecular weight is 525 g/mol. The van der Waals surface area contributed by atoms with Crippen LogP contribution in [-0.4, -0.2) is 70.5 Å². The van der Waals surface area contributed by atoms with Gasteiger partial charge < -0.3 is 23.8 Å². The second kappa shape index (κ2) is 14.1. The summed E-state index contributed by atoms with van der Waals surface area (Å²) in [5, 5.41) is 0. The SMILES string of the molecule is CCCN(CCCCCCN1CCc2cc(OC)c(OC)cc2C1)C1CCc2c(ccc(OC)c2OC)C1. The normalized spacial score (nSPS) is 17.2. The highest BCUT2D eigenvalue weighted by atomic mass is 16.5. The van der Waals surface area contributed by atoms with Gasteiger partial charge in [-0.1, -0.05) is 25.8 Å². The summed E-state index contributed by atoms with van der Waals surface area (Å²) in [6, 6.07) is 9.27. The third-order valence-electron chi connectivity index (χ3n) is 8.42. The highest BCUT2D eigenvalue weighted by Crippen LogP contribution is 2.38. The van der Waals surface area contributed by atoms with Crippen molar-refractivity contribution in [3.8, 4) is 23.0 Å². The Hall–Kier alpha value is -2.44. The van der Waals surface area contributed by atoms with E-state index in [0.29, 0.717) is 6.04 Å². The molecule has 0 radical (unpaired) electrons. The number of ether oxygens (including phenoxy) is 4. The molecule has 0 fully saturated rings. The molecule has 0 saturated carbocycles. The maximum Gasteiger partial charge on any atom is 0.164 e. The lowest BCUT2D eigenvalue weighted by Crippen LogP contribution is -2.40. The molecule has 4 rings (SSSR count). The minimum atomic E-state index is 0.629. The predicted octanol–water partition coefficient (Wildman–Crippen LogP) is 5.91. The van der Waals surface area contributed by atoms with E-state index in [1.54, 1.807) is 28.4 Å². The lowest BCUT2D eigenvalue weighted by atomic mass is 9.86. The van der Waals surface area contributed by atoms with Gasteiger partial charge >= 0.3 is 0 Å². The molecule has 2 aromatic rings. The first-order valence-electron chi connectivity index (χ1n) is 14.5. The summed E-state index contributed by atoms with van der Waals surface area (Å²) in [5.74, 6) is 3.46. The lowest BCUT2D eigenvalue weighted by Gasteiger charge is -2.36. The molecule has 1 aliphatic carbocycles. The first-order valence-corrected chi connectivity index (χ1v) is 14.5. The van der Waals surface area contributed by atoms with Gasteiger partial charge in [-0.05, 0) is 99.5 Å². The highest BCUT2D eigenvalue weighted by molar-refractivity contribution is 5.52. The Balaban J connectivity index is 1.21.